The Morgan fingerprint density at radius 1 is 1.36 bits per heavy atom. The largest absolute Gasteiger partial charge is 0.431 e. The predicted molar refractivity (Wildman–Crippen MR) is 90.0 cm³/mol. The monoisotopic (exact) mass is 360 g/mol. The van der Waals surface area contributed by atoms with E-state index in [1.54, 1.807) is 4.90 Å². The number of amides is 4. The Morgan fingerprint density at radius 2 is 2.20 bits per heavy atom. The molecule has 130 valence electrons. The van der Waals surface area contributed by atoms with Crippen molar-refractivity contribution in [2.75, 3.05) is 25.4 Å². The SMILES string of the molecule is O=C(CSc1nc2ccccc2o1)N1CCC(N2C(=O)CNC2=O)C1. The number of nitrogens with zero attached hydrogens (tertiary/aromatic N) is 3. The third-order valence-electron chi connectivity index (χ3n) is 4.35. The van der Waals surface area contributed by atoms with Gasteiger partial charge in [0.05, 0.1) is 18.3 Å². The van der Waals surface area contributed by atoms with Crippen molar-refractivity contribution in [3.8, 4) is 0 Å². The highest BCUT2D eigenvalue weighted by Crippen LogP contribution is 2.24. The summed E-state index contributed by atoms with van der Waals surface area (Å²) in [5, 5.41) is 2.97. The topological polar surface area (TPSA) is 95.8 Å². The molecule has 2 aliphatic heterocycles. The molecule has 0 bridgehead atoms. The van der Waals surface area contributed by atoms with Gasteiger partial charge in [0.1, 0.15) is 5.52 Å². The van der Waals surface area contributed by atoms with Crippen molar-refractivity contribution in [2.24, 2.45) is 0 Å². The van der Waals surface area contributed by atoms with E-state index in [4.69, 9.17) is 4.42 Å². The number of carbonyl (C=O) groups excluding carboxylic acids is 3. The van der Waals surface area contributed by atoms with Gasteiger partial charge in [-0.3, -0.25) is 14.5 Å². The van der Waals surface area contributed by atoms with E-state index in [9.17, 15) is 14.4 Å². The molecular weight excluding hydrogens is 344 g/mol. The molecule has 1 atom stereocenters. The van der Waals surface area contributed by atoms with Crippen molar-refractivity contribution in [2.45, 2.75) is 17.7 Å². The number of imide groups is 1. The van der Waals surface area contributed by atoms with E-state index in [-0.39, 0.29) is 36.2 Å². The summed E-state index contributed by atoms with van der Waals surface area (Å²) in [6.07, 6.45) is 0.610. The fraction of sp³-hybridized carbons (Fsp3) is 0.375. The van der Waals surface area contributed by atoms with E-state index in [2.05, 4.69) is 10.3 Å². The molecule has 9 heteroatoms. The second-order valence-corrected chi connectivity index (χ2v) is 6.87. The lowest BCUT2D eigenvalue weighted by atomic mass is 10.2. The molecule has 2 aromatic rings. The zero-order chi connectivity index (χ0) is 17.4. The minimum Gasteiger partial charge on any atom is -0.431 e. The van der Waals surface area contributed by atoms with Gasteiger partial charge in [-0.1, -0.05) is 23.9 Å². The van der Waals surface area contributed by atoms with Crippen molar-refractivity contribution >= 4 is 40.7 Å². The number of aromatic nitrogens is 1. The lowest BCUT2D eigenvalue weighted by Crippen LogP contribution is -2.43. The van der Waals surface area contributed by atoms with Crippen molar-refractivity contribution in [1.82, 2.24) is 20.1 Å². The first-order valence-corrected chi connectivity index (χ1v) is 8.96. The Balaban J connectivity index is 1.34. The second kappa shape index (κ2) is 6.40. The molecule has 0 spiro atoms. The summed E-state index contributed by atoms with van der Waals surface area (Å²) in [6.45, 7) is 0.956. The Bertz CT molecular complexity index is 803. The van der Waals surface area contributed by atoms with Crippen LogP contribution in [0.1, 0.15) is 6.42 Å². The van der Waals surface area contributed by atoms with E-state index in [0.717, 1.165) is 5.52 Å². The average Bonchev–Trinajstić information content (AvgIpc) is 3.31. The normalized spacial score (nSPS) is 20.6. The summed E-state index contributed by atoms with van der Waals surface area (Å²) < 4.78 is 5.59. The number of oxazole rings is 1. The number of fused-ring (bicyclic) bond motifs is 1. The van der Waals surface area contributed by atoms with Crippen LogP contribution >= 0.6 is 11.8 Å². The summed E-state index contributed by atoms with van der Waals surface area (Å²) in [5.41, 5.74) is 1.45. The molecule has 3 heterocycles. The van der Waals surface area contributed by atoms with Gasteiger partial charge >= 0.3 is 6.03 Å². The molecule has 1 aromatic carbocycles. The number of rotatable bonds is 4. The maximum absolute atomic E-state index is 12.4. The first kappa shape index (κ1) is 15.9. The molecule has 0 aliphatic carbocycles. The van der Waals surface area contributed by atoms with Crippen LogP contribution in [0.3, 0.4) is 0 Å². The van der Waals surface area contributed by atoms with Gasteiger partial charge in [0.15, 0.2) is 5.58 Å². The van der Waals surface area contributed by atoms with Crippen LogP contribution in [0, 0.1) is 0 Å². The van der Waals surface area contributed by atoms with Crippen LogP contribution < -0.4 is 5.32 Å². The standard InChI is InChI=1S/C16H16N4O4S/c21-13-7-17-15(23)20(13)10-5-6-19(8-10)14(22)9-25-16-18-11-3-1-2-4-12(11)24-16/h1-4,10H,5-9H2,(H,17,23). The minimum absolute atomic E-state index is 0.0385. The van der Waals surface area contributed by atoms with Crippen molar-refractivity contribution in [1.29, 1.82) is 0 Å². The summed E-state index contributed by atoms with van der Waals surface area (Å²) >= 11 is 1.25. The highest BCUT2D eigenvalue weighted by atomic mass is 32.2. The summed E-state index contributed by atoms with van der Waals surface area (Å²) in [4.78, 5) is 43.1. The molecule has 0 radical (unpaired) electrons. The van der Waals surface area contributed by atoms with Crippen LogP contribution in [0.5, 0.6) is 0 Å². The summed E-state index contributed by atoms with van der Waals surface area (Å²) in [5.74, 6) is -0.0772. The predicted octanol–water partition coefficient (Wildman–Crippen LogP) is 1.07. The quantitative estimate of drug-likeness (QED) is 0.647. The zero-order valence-corrected chi connectivity index (χ0v) is 14.1. The van der Waals surface area contributed by atoms with Gasteiger partial charge in [-0.25, -0.2) is 9.78 Å². The molecule has 2 fully saturated rings. The van der Waals surface area contributed by atoms with E-state index in [0.29, 0.717) is 30.3 Å². The number of benzene rings is 1. The summed E-state index contributed by atoms with van der Waals surface area (Å²) in [6, 6.07) is 6.82. The Labute approximate surface area is 147 Å². The Hall–Kier alpha value is -2.55. The Morgan fingerprint density at radius 3 is 2.96 bits per heavy atom. The molecule has 1 aromatic heterocycles. The van der Waals surface area contributed by atoms with Gasteiger partial charge in [-0.2, -0.15) is 0 Å². The van der Waals surface area contributed by atoms with Crippen molar-refractivity contribution < 1.29 is 18.8 Å². The van der Waals surface area contributed by atoms with Gasteiger partial charge < -0.3 is 14.6 Å². The fourth-order valence-corrected chi connectivity index (χ4v) is 3.85. The van der Waals surface area contributed by atoms with Crippen LogP contribution in [-0.4, -0.2) is 64.1 Å². The van der Waals surface area contributed by atoms with Gasteiger partial charge in [-0.05, 0) is 18.6 Å². The number of carbonyl (C=O) groups is 3. The first-order valence-electron chi connectivity index (χ1n) is 7.98. The maximum Gasteiger partial charge on any atom is 0.324 e. The van der Waals surface area contributed by atoms with Gasteiger partial charge in [0.2, 0.25) is 11.8 Å². The molecule has 1 unspecified atom stereocenters. The van der Waals surface area contributed by atoms with E-state index < -0.39 is 0 Å². The first-order chi connectivity index (χ1) is 12.1. The van der Waals surface area contributed by atoms with Crippen LogP contribution in [0.4, 0.5) is 4.79 Å². The molecule has 4 rings (SSSR count). The van der Waals surface area contributed by atoms with E-state index in [1.807, 2.05) is 24.3 Å². The Kier molecular flexibility index (Phi) is 4.08. The number of hydrogen-bond donors (Lipinski definition) is 1. The van der Waals surface area contributed by atoms with Gasteiger partial charge in [-0.15, -0.1) is 0 Å². The lowest BCUT2D eigenvalue weighted by molar-refractivity contribution is -0.129. The van der Waals surface area contributed by atoms with E-state index >= 15 is 0 Å². The molecule has 25 heavy (non-hydrogen) atoms. The highest BCUT2D eigenvalue weighted by Gasteiger charge is 2.39. The third-order valence-corrected chi connectivity index (χ3v) is 5.17. The molecule has 2 aliphatic rings. The van der Waals surface area contributed by atoms with Crippen LogP contribution in [0.2, 0.25) is 0 Å². The maximum atomic E-state index is 12.4. The van der Waals surface area contributed by atoms with Gasteiger partial charge in [0.25, 0.3) is 5.22 Å². The van der Waals surface area contributed by atoms with Gasteiger partial charge in [0, 0.05) is 13.1 Å². The third kappa shape index (κ3) is 3.07. The molecule has 1 N–H and O–H groups in total. The number of thioether (sulfide) groups is 1. The van der Waals surface area contributed by atoms with Crippen molar-refractivity contribution in [3.63, 3.8) is 0 Å². The molecular formula is C16H16N4O4S. The number of likely N-dealkylation sites (tertiary alicyclic amines) is 1. The second-order valence-electron chi connectivity index (χ2n) is 5.94. The van der Waals surface area contributed by atoms with Crippen LogP contribution in [0.15, 0.2) is 33.9 Å². The summed E-state index contributed by atoms with van der Waals surface area (Å²) in [7, 11) is 0. The zero-order valence-electron chi connectivity index (χ0n) is 13.3. The average molecular weight is 360 g/mol. The number of nitrogens with one attached hydrogen (secondary N) is 1. The fourth-order valence-electron chi connectivity index (χ4n) is 3.11. The van der Waals surface area contributed by atoms with Crippen molar-refractivity contribution in [3.05, 3.63) is 24.3 Å². The molecule has 8 nitrogen and oxygen atoms in total. The lowest BCUT2D eigenvalue weighted by Gasteiger charge is -2.21. The molecule has 0 saturated carbocycles. The molecule has 2 saturated heterocycles. The molecule has 4 amide bonds. The number of hydrogen-bond acceptors (Lipinski definition) is 6. The van der Waals surface area contributed by atoms with Crippen LogP contribution in [-0.2, 0) is 9.59 Å². The highest BCUT2D eigenvalue weighted by molar-refractivity contribution is 7.99. The number of urea groups is 1. The minimum atomic E-state index is -0.370. The number of para-hydroxylation sites is 2. The smallest absolute Gasteiger partial charge is 0.324 e. The van der Waals surface area contributed by atoms with Crippen LogP contribution in [0.25, 0.3) is 11.1 Å². The van der Waals surface area contributed by atoms with E-state index in [1.165, 1.54) is 16.7 Å².